The summed E-state index contributed by atoms with van der Waals surface area (Å²) >= 11 is 0. The predicted molar refractivity (Wildman–Crippen MR) is 114 cm³/mol. The molecule has 0 aliphatic rings. The van der Waals surface area contributed by atoms with Crippen molar-refractivity contribution in [3.05, 3.63) is 0 Å². The van der Waals surface area contributed by atoms with E-state index in [0.29, 0.717) is 21.7 Å². The van der Waals surface area contributed by atoms with Crippen molar-refractivity contribution in [2.24, 2.45) is 21.7 Å². The van der Waals surface area contributed by atoms with Crippen molar-refractivity contribution in [3.8, 4) is 0 Å². The molecule has 0 fully saturated rings. The van der Waals surface area contributed by atoms with Gasteiger partial charge in [0.05, 0.1) is 0 Å². The van der Waals surface area contributed by atoms with Crippen molar-refractivity contribution >= 4 is 0 Å². The molecular formula is C24H50O. The zero-order chi connectivity index (χ0) is 19.8. The molecule has 0 bridgehead atoms. The van der Waals surface area contributed by atoms with Crippen LogP contribution in [-0.4, -0.2) is 13.2 Å². The highest BCUT2D eigenvalue weighted by molar-refractivity contribution is 4.76. The van der Waals surface area contributed by atoms with E-state index in [2.05, 4.69) is 69.2 Å². The lowest BCUT2D eigenvalue weighted by Gasteiger charge is -2.31. The first-order valence-corrected chi connectivity index (χ1v) is 10.8. The van der Waals surface area contributed by atoms with Gasteiger partial charge in [0.25, 0.3) is 0 Å². The van der Waals surface area contributed by atoms with Crippen molar-refractivity contribution in [1.82, 2.24) is 0 Å². The van der Waals surface area contributed by atoms with E-state index in [-0.39, 0.29) is 0 Å². The van der Waals surface area contributed by atoms with Crippen LogP contribution >= 0.6 is 0 Å². The standard InChI is InChI=1S/C24H50O/c1-11-21(3,4)13-15-23(7,8)17-19-25-20-18-24(9,10)16-14-22(5,6)12-2/h11-20H2,1-10H3. The van der Waals surface area contributed by atoms with E-state index in [1.54, 1.807) is 0 Å². The van der Waals surface area contributed by atoms with Crippen LogP contribution in [0.5, 0.6) is 0 Å². The molecule has 0 spiro atoms. The maximum absolute atomic E-state index is 6.02. The third-order valence-corrected chi connectivity index (χ3v) is 6.72. The van der Waals surface area contributed by atoms with Gasteiger partial charge < -0.3 is 4.74 Å². The zero-order valence-corrected chi connectivity index (χ0v) is 19.5. The second-order valence-electron chi connectivity index (χ2n) is 11.5. The first kappa shape index (κ1) is 25.0. The minimum atomic E-state index is 0.396. The Bertz CT molecular complexity index is 315. The van der Waals surface area contributed by atoms with E-state index in [4.69, 9.17) is 4.74 Å². The Morgan fingerprint density at radius 3 is 1.00 bits per heavy atom. The molecule has 1 nitrogen and oxygen atoms in total. The first-order valence-electron chi connectivity index (χ1n) is 10.8. The van der Waals surface area contributed by atoms with Gasteiger partial charge in [0.1, 0.15) is 0 Å². The molecule has 0 heterocycles. The lowest BCUT2D eigenvalue weighted by Crippen LogP contribution is -2.21. The fraction of sp³-hybridized carbons (Fsp3) is 1.00. The zero-order valence-electron chi connectivity index (χ0n) is 19.5. The number of rotatable bonds is 14. The van der Waals surface area contributed by atoms with Gasteiger partial charge in [-0.1, -0.05) is 82.1 Å². The smallest absolute Gasteiger partial charge is 0.0471 e. The van der Waals surface area contributed by atoms with E-state index in [1.807, 2.05) is 0 Å². The maximum Gasteiger partial charge on any atom is 0.0471 e. The highest BCUT2D eigenvalue weighted by Crippen LogP contribution is 2.36. The SMILES string of the molecule is CCC(C)(C)CCC(C)(C)CCOCCC(C)(C)CCC(C)(C)CC. The summed E-state index contributed by atoms with van der Waals surface area (Å²) in [5.41, 5.74) is 1.75. The summed E-state index contributed by atoms with van der Waals surface area (Å²) in [6.45, 7) is 25.6. The van der Waals surface area contributed by atoms with Crippen LogP contribution in [0.3, 0.4) is 0 Å². The molecule has 0 atom stereocenters. The third-order valence-electron chi connectivity index (χ3n) is 6.72. The molecule has 0 amide bonds. The molecule has 0 aromatic rings. The fourth-order valence-electron chi connectivity index (χ4n) is 2.76. The molecule has 0 unspecified atom stereocenters. The van der Waals surface area contributed by atoms with Gasteiger partial charge in [-0.05, 0) is 60.2 Å². The molecule has 0 aromatic heterocycles. The summed E-state index contributed by atoms with van der Waals surface area (Å²) in [4.78, 5) is 0. The Labute approximate surface area is 160 Å². The van der Waals surface area contributed by atoms with Gasteiger partial charge in [0, 0.05) is 13.2 Å². The first-order chi connectivity index (χ1) is 11.2. The van der Waals surface area contributed by atoms with E-state index in [0.717, 1.165) is 13.2 Å². The van der Waals surface area contributed by atoms with Crippen LogP contribution in [0.15, 0.2) is 0 Å². The molecule has 0 rings (SSSR count). The van der Waals surface area contributed by atoms with Gasteiger partial charge in [-0.15, -0.1) is 0 Å². The molecule has 0 N–H and O–H groups in total. The van der Waals surface area contributed by atoms with Crippen molar-refractivity contribution in [2.75, 3.05) is 13.2 Å². The Morgan fingerprint density at radius 1 is 0.440 bits per heavy atom. The minimum Gasteiger partial charge on any atom is -0.381 e. The molecule has 152 valence electrons. The minimum absolute atomic E-state index is 0.396. The van der Waals surface area contributed by atoms with Crippen LogP contribution in [-0.2, 0) is 4.74 Å². The largest absolute Gasteiger partial charge is 0.381 e. The van der Waals surface area contributed by atoms with Crippen LogP contribution in [0.4, 0.5) is 0 Å². The van der Waals surface area contributed by atoms with Gasteiger partial charge in [-0.3, -0.25) is 0 Å². The van der Waals surface area contributed by atoms with E-state index >= 15 is 0 Å². The number of ether oxygens (including phenoxy) is 1. The average Bonchev–Trinajstić information content (AvgIpc) is 2.51. The van der Waals surface area contributed by atoms with Crippen molar-refractivity contribution < 1.29 is 4.74 Å². The van der Waals surface area contributed by atoms with E-state index in [1.165, 1.54) is 51.4 Å². The predicted octanol–water partition coefficient (Wildman–Crippen LogP) is 8.27. The van der Waals surface area contributed by atoms with Gasteiger partial charge in [0.15, 0.2) is 0 Å². The summed E-state index contributed by atoms with van der Waals surface area (Å²) in [6.07, 6.45) is 10.1. The van der Waals surface area contributed by atoms with Gasteiger partial charge in [-0.25, -0.2) is 0 Å². The third kappa shape index (κ3) is 12.9. The quantitative estimate of drug-likeness (QED) is 0.285. The Kier molecular flexibility index (Phi) is 10.3. The van der Waals surface area contributed by atoms with Crippen molar-refractivity contribution in [3.63, 3.8) is 0 Å². The summed E-state index contributed by atoms with van der Waals surface area (Å²) in [7, 11) is 0. The lowest BCUT2D eigenvalue weighted by molar-refractivity contribution is 0.0711. The fourth-order valence-corrected chi connectivity index (χ4v) is 2.76. The van der Waals surface area contributed by atoms with Gasteiger partial charge in [0.2, 0.25) is 0 Å². The monoisotopic (exact) mass is 354 g/mol. The summed E-state index contributed by atoms with van der Waals surface area (Å²) < 4.78 is 6.02. The number of hydrogen-bond donors (Lipinski definition) is 0. The Balaban J connectivity index is 4.00. The topological polar surface area (TPSA) is 9.23 Å². The molecule has 0 aliphatic carbocycles. The summed E-state index contributed by atoms with van der Waals surface area (Å²) in [5.74, 6) is 0. The molecule has 0 saturated heterocycles. The summed E-state index contributed by atoms with van der Waals surface area (Å²) in [6, 6.07) is 0. The normalized spacial score (nSPS) is 14.2. The van der Waals surface area contributed by atoms with Crippen LogP contribution in [0.1, 0.15) is 121 Å². The second kappa shape index (κ2) is 10.3. The van der Waals surface area contributed by atoms with Crippen LogP contribution in [0, 0.1) is 21.7 Å². The van der Waals surface area contributed by atoms with Crippen molar-refractivity contribution in [2.45, 2.75) is 121 Å². The molecule has 0 radical (unpaired) electrons. The van der Waals surface area contributed by atoms with Crippen LogP contribution in [0.2, 0.25) is 0 Å². The molecule has 25 heavy (non-hydrogen) atoms. The molecule has 0 saturated carbocycles. The molecule has 1 heteroatoms. The van der Waals surface area contributed by atoms with Gasteiger partial charge >= 0.3 is 0 Å². The van der Waals surface area contributed by atoms with E-state index < -0.39 is 0 Å². The summed E-state index contributed by atoms with van der Waals surface area (Å²) in [5, 5.41) is 0. The number of hydrogen-bond acceptors (Lipinski definition) is 1. The van der Waals surface area contributed by atoms with Crippen molar-refractivity contribution in [1.29, 1.82) is 0 Å². The maximum atomic E-state index is 6.02. The Hall–Kier alpha value is -0.0400. The van der Waals surface area contributed by atoms with Gasteiger partial charge in [-0.2, -0.15) is 0 Å². The molecule has 0 aromatic carbocycles. The highest BCUT2D eigenvalue weighted by Gasteiger charge is 2.24. The Morgan fingerprint density at radius 2 is 0.720 bits per heavy atom. The van der Waals surface area contributed by atoms with E-state index in [9.17, 15) is 0 Å². The highest BCUT2D eigenvalue weighted by atomic mass is 16.5. The van der Waals surface area contributed by atoms with Crippen LogP contribution < -0.4 is 0 Å². The molecular weight excluding hydrogens is 304 g/mol. The lowest BCUT2D eigenvalue weighted by atomic mass is 9.76. The average molecular weight is 355 g/mol. The molecule has 0 aliphatic heterocycles. The second-order valence-corrected chi connectivity index (χ2v) is 11.5. The van der Waals surface area contributed by atoms with Crippen LogP contribution in [0.25, 0.3) is 0 Å².